The minimum atomic E-state index is -3.82. The van der Waals surface area contributed by atoms with Gasteiger partial charge >= 0.3 is 5.97 Å². The van der Waals surface area contributed by atoms with Crippen molar-refractivity contribution in [3.63, 3.8) is 0 Å². The van der Waals surface area contributed by atoms with Crippen LogP contribution in [0.3, 0.4) is 0 Å². The summed E-state index contributed by atoms with van der Waals surface area (Å²) in [5, 5.41) is 0. The van der Waals surface area contributed by atoms with Crippen LogP contribution in [0.15, 0.2) is 17.2 Å². The maximum absolute atomic E-state index is 11.7. The summed E-state index contributed by atoms with van der Waals surface area (Å²) in [7, 11) is 1.44. The molecular weight excluding hydrogens is 266 g/mol. The lowest BCUT2D eigenvalue weighted by Crippen LogP contribution is -2.10. The minimum Gasteiger partial charge on any atom is -0.461 e. The maximum Gasteiger partial charge on any atom is 0.354 e. The number of carbonyl (C=O) groups is 1. The fourth-order valence-electron chi connectivity index (χ4n) is 1.61. The van der Waals surface area contributed by atoms with Crippen molar-refractivity contribution >= 4 is 25.7 Å². The molecule has 7 heteroatoms. The second-order valence-electron chi connectivity index (χ2n) is 3.86. The van der Waals surface area contributed by atoms with Crippen LogP contribution in [0.4, 0.5) is 0 Å². The average Bonchev–Trinajstić information content (AvgIpc) is 2.95. The van der Waals surface area contributed by atoms with Crippen LogP contribution in [0.2, 0.25) is 0 Å². The zero-order valence-corrected chi connectivity index (χ0v) is 10.8. The van der Waals surface area contributed by atoms with Crippen molar-refractivity contribution in [2.75, 3.05) is 6.61 Å². The van der Waals surface area contributed by atoms with Gasteiger partial charge in [0.25, 0.3) is 9.05 Å². The van der Waals surface area contributed by atoms with Crippen molar-refractivity contribution < 1.29 is 17.9 Å². The van der Waals surface area contributed by atoms with Crippen LogP contribution in [0.25, 0.3) is 0 Å². The smallest absolute Gasteiger partial charge is 0.354 e. The summed E-state index contributed by atoms with van der Waals surface area (Å²) in [5.74, 6) is -0.522. The summed E-state index contributed by atoms with van der Waals surface area (Å²) in [6.45, 7) is 1.94. The van der Waals surface area contributed by atoms with E-state index in [2.05, 4.69) is 0 Å². The molecule has 1 aromatic heterocycles. The van der Waals surface area contributed by atoms with Gasteiger partial charge in [-0.15, -0.1) is 0 Å². The predicted molar refractivity (Wildman–Crippen MR) is 61.7 cm³/mol. The van der Waals surface area contributed by atoms with Gasteiger partial charge < -0.3 is 9.30 Å². The highest BCUT2D eigenvalue weighted by Crippen LogP contribution is 2.37. The third kappa shape index (κ3) is 2.63. The highest BCUT2D eigenvalue weighted by atomic mass is 35.7. The third-order valence-electron chi connectivity index (χ3n) is 2.53. The normalized spacial score (nSPS) is 15.9. The zero-order valence-electron chi connectivity index (χ0n) is 9.22. The molecule has 0 unspecified atom stereocenters. The largest absolute Gasteiger partial charge is 0.461 e. The van der Waals surface area contributed by atoms with E-state index in [0.29, 0.717) is 0 Å². The Hall–Kier alpha value is -1.01. The number of carbonyl (C=O) groups excluding carboxylic acids is 1. The Kier molecular flexibility index (Phi) is 3.18. The van der Waals surface area contributed by atoms with Crippen molar-refractivity contribution in [1.29, 1.82) is 0 Å². The van der Waals surface area contributed by atoms with E-state index in [-0.39, 0.29) is 23.2 Å². The number of aromatic nitrogens is 1. The van der Waals surface area contributed by atoms with E-state index < -0.39 is 15.0 Å². The second kappa shape index (κ2) is 4.34. The number of halogens is 1. The predicted octanol–water partition coefficient (Wildman–Crippen LogP) is 1.93. The van der Waals surface area contributed by atoms with Crippen molar-refractivity contribution in [1.82, 2.24) is 4.57 Å². The molecule has 0 aromatic carbocycles. The summed E-state index contributed by atoms with van der Waals surface area (Å²) in [6, 6.07) is 1.44. The summed E-state index contributed by atoms with van der Waals surface area (Å²) in [5.41, 5.74) is 0.244. The van der Waals surface area contributed by atoms with Gasteiger partial charge in [-0.25, -0.2) is 13.2 Å². The molecule has 1 saturated carbocycles. The van der Waals surface area contributed by atoms with Gasteiger partial charge in [-0.05, 0) is 25.8 Å². The Labute approximate surface area is 104 Å². The molecule has 0 saturated heterocycles. The van der Waals surface area contributed by atoms with Crippen LogP contribution in [-0.4, -0.2) is 25.6 Å². The summed E-state index contributed by atoms with van der Waals surface area (Å²) in [6.07, 6.45) is 3.26. The molecule has 0 bridgehead atoms. The zero-order chi connectivity index (χ0) is 12.6. The van der Waals surface area contributed by atoms with E-state index in [1.807, 2.05) is 0 Å². The molecule has 0 amide bonds. The molecule has 0 N–H and O–H groups in total. The number of hydrogen-bond acceptors (Lipinski definition) is 4. The SMILES string of the molecule is CCOC(=O)c1cc(S(=O)(=O)Cl)cn1C1CC1. The Morgan fingerprint density at radius 1 is 1.59 bits per heavy atom. The first kappa shape index (κ1) is 12.4. The third-order valence-corrected chi connectivity index (χ3v) is 3.85. The molecule has 1 fully saturated rings. The van der Waals surface area contributed by atoms with Crippen LogP contribution in [0.5, 0.6) is 0 Å². The van der Waals surface area contributed by atoms with E-state index in [4.69, 9.17) is 15.4 Å². The first-order valence-corrected chi connectivity index (χ1v) is 7.58. The number of nitrogens with zero attached hydrogens (tertiary/aromatic N) is 1. The van der Waals surface area contributed by atoms with Crippen molar-refractivity contribution in [2.24, 2.45) is 0 Å². The molecule has 17 heavy (non-hydrogen) atoms. The Morgan fingerprint density at radius 3 is 2.71 bits per heavy atom. The standard InChI is InChI=1S/C10H12ClNO4S/c1-2-16-10(13)9-5-8(17(11,14)15)6-12(9)7-3-4-7/h5-7H,2-4H2,1H3. The molecule has 1 aliphatic rings. The van der Waals surface area contributed by atoms with Crippen molar-refractivity contribution in [2.45, 2.75) is 30.7 Å². The molecular formula is C10H12ClNO4S. The lowest BCUT2D eigenvalue weighted by molar-refractivity contribution is 0.0513. The Balaban J connectivity index is 2.42. The molecule has 0 spiro atoms. The number of hydrogen-bond donors (Lipinski definition) is 0. The summed E-state index contributed by atoms with van der Waals surface area (Å²) < 4.78 is 29.0. The monoisotopic (exact) mass is 277 g/mol. The molecule has 0 radical (unpaired) electrons. The highest BCUT2D eigenvalue weighted by Gasteiger charge is 2.30. The van der Waals surface area contributed by atoms with Crippen LogP contribution >= 0.6 is 10.7 Å². The molecule has 94 valence electrons. The fraction of sp³-hybridized carbons (Fsp3) is 0.500. The molecule has 1 heterocycles. The first-order valence-electron chi connectivity index (χ1n) is 5.27. The second-order valence-corrected chi connectivity index (χ2v) is 6.42. The van der Waals surface area contributed by atoms with Gasteiger partial charge in [-0.2, -0.15) is 0 Å². The number of rotatable bonds is 4. The molecule has 1 aromatic rings. The van der Waals surface area contributed by atoms with Gasteiger partial charge in [0, 0.05) is 22.9 Å². The van der Waals surface area contributed by atoms with Gasteiger partial charge in [-0.1, -0.05) is 0 Å². The Bertz CT molecular complexity index is 545. The van der Waals surface area contributed by atoms with Gasteiger partial charge in [0.2, 0.25) is 0 Å². The quantitative estimate of drug-likeness (QED) is 0.623. The van der Waals surface area contributed by atoms with Gasteiger partial charge in [0.1, 0.15) is 10.6 Å². The molecule has 1 aliphatic carbocycles. The van der Waals surface area contributed by atoms with Crippen molar-refractivity contribution in [3.05, 3.63) is 18.0 Å². The van der Waals surface area contributed by atoms with E-state index in [0.717, 1.165) is 12.8 Å². The lowest BCUT2D eigenvalue weighted by Gasteiger charge is -2.05. The van der Waals surface area contributed by atoms with Gasteiger partial charge in [-0.3, -0.25) is 0 Å². The van der Waals surface area contributed by atoms with Crippen molar-refractivity contribution in [3.8, 4) is 0 Å². The summed E-state index contributed by atoms with van der Waals surface area (Å²) >= 11 is 0. The number of ether oxygens (including phenoxy) is 1. The molecule has 0 aliphatic heterocycles. The topological polar surface area (TPSA) is 65.4 Å². The molecule has 2 rings (SSSR count). The van der Waals surface area contributed by atoms with Crippen LogP contribution in [0.1, 0.15) is 36.3 Å². The van der Waals surface area contributed by atoms with E-state index in [1.54, 1.807) is 11.5 Å². The van der Waals surface area contributed by atoms with Crippen LogP contribution in [0, 0.1) is 0 Å². The van der Waals surface area contributed by atoms with Crippen LogP contribution < -0.4 is 0 Å². The van der Waals surface area contributed by atoms with Crippen LogP contribution in [-0.2, 0) is 13.8 Å². The van der Waals surface area contributed by atoms with E-state index in [1.165, 1.54) is 12.3 Å². The minimum absolute atomic E-state index is 0.0610. The molecule has 0 atom stereocenters. The maximum atomic E-state index is 11.7. The van der Waals surface area contributed by atoms with E-state index >= 15 is 0 Å². The fourth-order valence-corrected chi connectivity index (χ4v) is 2.36. The van der Waals surface area contributed by atoms with Gasteiger partial charge in [0.15, 0.2) is 0 Å². The average molecular weight is 278 g/mol. The number of esters is 1. The van der Waals surface area contributed by atoms with E-state index in [9.17, 15) is 13.2 Å². The highest BCUT2D eigenvalue weighted by molar-refractivity contribution is 8.13. The Morgan fingerprint density at radius 2 is 2.24 bits per heavy atom. The first-order chi connectivity index (χ1) is 7.93. The van der Waals surface area contributed by atoms with Gasteiger partial charge in [0.05, 0.1) is 6.61 Å². The molecule has 5 nitrogen and oxygen atoms in total. The summed E-state index contributed by atoms with van der Waals surface area (Å²) in [4.78, 5) is 11.6. The lowest BCUT2D eigenvalue weighted by atomic mass is 10.4.